The Bertz CT molecular complexity index is 527. The molecule has 0 aliphatic heterocycles. The Kier molecular flexibility index (Phi) is 9.62. The van der Waals surface area contributed by atoms with Gasteiger partial charge in [0.2, 0.25) is 0 Å². The molecule has 0 spiro atoms. The van der Waals surface area contributed by atoms with E-state index < -0.39 is 5.97 Å². The number of carbonyl (C=O) groups excluding carboxylic acids is 1. The molecule has 1 amide bonds. The van der Waals surface area contributed by atoms with Gasteiger partial charge in [0.25, 0.3) is 0 Å². The van der Waals surface area contributed by atoms with Gasteiger partial charge in [-0.2, -0.15) is 0 Å². The largest absolute Gasteiger partial charge is 0.478 e. The van der Waals surface area contributed by atoms with Crippen molar-refractivity contribution >= 4 is 17.7 Å². The highest BCUT2D eigenvalue weighted by molar-refractivity contribution is 5.90. The third-order valence-electron chi connectivity index (χ3n) is 4.16. The molecule has 0 saturated heterocycles. The van der Waals surface area contributed by atoms with Gasteiger partial charge in [0.15, 0.2) is 0 Å². The van der Waals surface area contributed by atoms with Crippen LogP contribution in [0.3, 0.4) is 0 Å². The fourth-order valence-electron chi connectivity index (χ4n) is 2.51. The van der Waals surface area contributed by atoms with Gasteiger partial charge in [0.05, 0.1) is 5.56 Å². The van der Waals surface area contributed by atoms with Crippen LogP contribution in [0.5, 0.6) is 0 Å². The third-order valence-corrected chi connectivity index (χ3v) is 4.16. The van der Waals surface area contributed by atoms with Gasteiger partial charge in [-0.3, -0.25) is 4.90 Å². The van der Waals surface area contributed by atoms with Crippen molar-refractivity contribution in [3.63, 3.8) is 0 Å². The average Bonchev–Trinajstić information content (AvgIpc) is 2.62. The van der Waals surface area contributed by atoms with Crippen molar-refractivity contribution in [3.8, 4) is 0 Å². The Morgan fingerprint density at radius 3 is 2.16 bits per heavy atom. The Hall–Kier alpha value is -2.08. The van der Waals surface area contributed by atoms with Crippen molar-refractivity contribution in [1.29, 1.82) is 0 Å². The summed E-state index contributed by atoms with van der Waals surface area (Å²) in [5, 5.41) is 9.00. The van der Waals surface area contributed by atoms with Crippen LogP contribution in [0, 0.1) is 0 Å². The summed E-state index contributed by atoms with van der Waals surface area (Å²) in [6.45, 7) is 9.71. The number of carboxylic acids is 1. The van der Waals surface area contributed by atoms with E-state index in [1.54, 1.807) is 17.0 Å². The SMILES string of the molecule is CCCCCN(C(=O)OCCN(CC)CC)c1ccc(C(=O)O)cc1. The number of hydrogen-bond acceptors (Lipinski definition) is 4. The molecule has 0 aromatic heterocycles. The van der Waals surface area contributed by atoms with Gasteiger partial charge in [-0.1, -0.05) is 33.6 Å². The molecule has 1 rings (SSSR count). The van der Waals surface area contributed by atoms with Gasteiger partial charge in [0, 0.05) is 18.8 Å². The first-order valence-corrected chi connectivity index (χ1v) is 9.03. The zero-order chi connectivity index (χ0) is 18.7. The highest BCUT2D eigenvalue weighted by atomic mass is 16.6. The molecule has 6 nitrogen and oxygen atoms in total. The van der Waals surface area contributed by atoms with Gasteiger partial charge in [-0.25, -0.2) is 9.59 Å². The lowest BCUT2D eigenvalue weighted by atomic mass is 10.2. The van der Waals surface area contributed by atoms with Crippen molar-refractivity contribution < 1.29 is 19.4 Å². The van der Waals surface area contributed by atoms with Gasteiger partial charge in [-0.05, 0) is 43.8 Å². The number of nitrogens with zero attached hydrogens (tertiary/aromatic N) is 2. The molecule has 0 aliphatic rings. The van der Waals surface area contributed by atoms with E-state index in [4.69, 9.17) is 9.84 Å². The molecular formula is C19H30N2O4. The van der Waals surface area contributed by atoms with Crippen molar-refractivity contribution in [2.75, 3.05) is 37.7 Å². The lowest BCUT2D eigenvalue weighted by Gasteiger charge is -2.24. The number of unbranched alkanes of at least 4 members (excludes halogenated alkanes) is 2. The molecule has 0 unspecified atom stereocenters. The fraction of sp³-hybridized carbons (Fsp3) is 0.579. The molecule has 0 aliphatic carbocycles. The second-order valence-corrected chi connectivity index (χ2v) is 5.85. The number of ether oxygens (including phenoxy) is 1. The number of anilines is 1. The minimum atomic E-state index is -0.981. The zero-order valence-electron chi connectivity index (χ0n) is 15.5. The predicted octanol–water partition coefficient (Wildman–Crippen LogP) is 3.86. The molecule has 6 heteroatoms. The molecule has 0 saturated carbocycles. The van der Waals surface area contributed by atoms with E-state index in [0.717, 1.165) is 32.4 Å². The second kappa shape index (κ2) is 11.5. The van der Waals surface area contributed by atoms with E-state index in [2.05, 4.69) is 25.7 Å². The average molecular weight is 350 g/mol. The molecule has 0 bridgehead atoms. The summed E-state index contributed by atoms with van der Waals surface area (Å²) in [6.07, 6.45) is 2.58. The summed E-state index contributed by atoms with van der Waals surface area (Å²) < 4.78 is 5.43. The van der Waals surface area contributed by atoms with Crippen LogP contribution < -0.4 is 4.90 Å². The van der Waals surface area contributed by atoms with Crippen LogP contribution in [0.4, 0.5) is 10.5 Å². The normalized spacial score (nSPS) is 10.7. The van der Waals surface area contributed by atoms with Crippen LogP contribution in [0.25, 0.3) is 0 Å². The first-order chi connectivity index (χ1) is 12.0. The highest BCUT2D eigenvalue weighted by Gasteiger charge is 2.17. The summed E-state index contributed by atoms with van der Waals surface area (Å²) >= 11 is 0. The Balaban J connectivity index is 2.73. The Morgan fingerprint density at radius 1 is 1.00 bits per heavy atom. The quantitative estimate of drug-likeness (QED) is 0.614. The summed E-state index contributed by atoms with van der Waals surface area (Å²) in [5.74, 6) is -0.981. The standard InChI is InChI=1S/C19H30N2O4/c1-4-7-8-13-21(17-11-9-16(10-12-17)18(22)23)19(24)25-15-14-20(5-2)6-3/h9-12H,4-8,13-15H2,1-3H3,(H,22,23). The van der Waals surface area contributed by atoms with Crippen LogP contribution in [0.2, 0.25) is 0 Å². The molecule has 0 radical (unpaired) electrons. The summed E-state index contributed by atoms with van der Waals surface area (Å²) in [5.41, 5.74) is 0.862. The molecule has 140 valence electrons. The van der Waals surface area contributed by atoms with Crippen molar-refractivity contribution in [3.05, 3.63) is 29.8 Å². The van der Waals surface area contributed by atoms with E-state index in [-0.39, 0.29) is 11.7 Å². The molecule has 1 aromatic carbocycles. The van der Waals surface area contributed by atoms with E-state index in [1.807, 2.05) is 0 Å². The summed E-state index contributed by atoms with van der Waals surface area (Å²) in [4.78, 5) is 27.2. The number of likely N-dealkylation sites (N-methyl/N-ethyl adjacent to an activating group) is 1. The van der Waals surface area contributed by atoms with Gasteiger partial charge in [-0.15, -0.1) is 0 Å². The molecule has 25 heavy (non-hydrogen) atoms. The predicted molar refractivity (Wildman–Crippen MR) is 99.4 cm³/mol. The number of hydrogen-bond donors (Lipinski definition) is 1. The second-order valence-electron chi connectivity index (χ2n) is 5.85. The lowest BCUT2D eigenvalue weighted by molar-refractivity contribution is 0.0697. The first-order valence-electron chi connectivity index (χ1n) is 9.03. The van der Waals surface area contributed by atoms with E-state index in [0.29, 0.717) is 25.4 Å². The zero-order valence-corrected chi connectivity index (χ0v) is 15.5. The molecule has 0 heterocycles. The molecular weight excluding hydrogens is 320 g/mol. The van der Waals surface area contributed by atoms with E-state index in [1.165, 1.54) is 12.1 Å². The number of aromatic carboxylic acids is 1. The van der Waals surface area contributed by atoms with Gasteiger partial charge in [0.1, 0.15) is 6.61 Å². The Morgan fingerprint density at radius 2 is 1.64 bits per heavy atom. The molecule has 1 N–H and O–H groups in total. The fourth-order valence-corrected chi connectivity index (χ4v) is 2.51. The van der Waals surface area contributed by atoms with Crippen LogP contribution in [0.15, 0.2) is 24.3 Å². The maximum Gasteiger partial charge on any atom is 0.414 e. The topological polar surface area (TPSA) is 70.1 Å². The third kappa shape index (κ3) is 7.13. The lowest BCUT2D eigenvalue weighted by Crippen LogP contribution is -2.35. The van der Waals surface area contributed by atoms with Crippen molar-refractivity contribution in [2.24, 2.45) is 0 Å². The molecule has 0 fully saturated rings. The van der Waals surface area contributed by atoms with Crippen LogP contribution >= 0.6 is 0 Å². The van der Waals surface area contributed by atoms with Crippen molar-refractivity contribution in [1.82, 2.24) is 4.90 Å². The highest BCUT2D eigenvalue weighted by Crippen LogP contribution is 2.18. The Labute approximate surface area is 150 Å². The number of carbonyl (C=O) groups is 2. The number of benzene rings is 1. The smallest absolute Gasteiger partial charge is 0.414 e. The maximum atomic E-state index is 12.5. The number of amides is 1. The minimum absolute atomic E-state index is 0.201. The molecule has 1 aromatic rings. The van der Waals surface area contributed by atoms with Crippen LogP contribution in [-0.4, -0.2) is 54.9 Å². The monoisotopic (exact) mass is 350 g/mol. The minimum Gasteiger partial charge on any atom is -0.478 e. The van der Waals surface area contributed by atoms with Crippen LogP contribution in [0.1, 0.15) is 50.4 Å². The van der Waals surface area contributed by atoms with E-state index in [9.17, 15) is 9.59 Å². The van der Waals surface area contributed by atoms with E-state index >= 15 is 0 Å². The van der Waals surface area contributed by atoms with Crippen LogP contribution in [-0.2, 0) is 4.74 Å². The molecule has 0 atom stereocenters. The number of carboxylic acid groups (broad SMARTS) is 1. The van der Waals surface area contributed by atoms with Gasteiger partial charge >= 0.3 is 12.1 Å². The maximum absolute atomic E-state index is 12.5. The summed E-state index contributed by atoms with van der Waals surface area (Å²) in [7, 11) is 0. The van der Waals surface area contributed by atoms with Gasteiger partial charge < -0.3 is 14.7 Å². The summed E-state index contributed by atoms with van der Waals surface area (Å²) in [6, 6.07) is 6.32. The van der Waals surface area contributed by atoms with Crippen molar-refractivity contribution in [2.45, 2.75) is 40.0 Å². The first kappa shape index (κ1) is 21.0. The number of rotatable bonds is 11.